The van der Waals surface area contributed by atoms with Gasteiger partial charge < -0.3 is 19.8 Å². The van der Waals surface area contributed by atoms with Crippen LogP contribution in [-0.2, 0) is 17.9 Å². The van der Waals surface area contributed by atoms with Crippen LogP contribution in [0, 0.1) is 6.92 Å². The number of imidazole rings is 1. The van der Waals surface area contributed by atoms with Gasteiger partial charge in [0, 0.05) is 0 Å². The summed E-state index contributed by atoms with van der Waals surface area (Å²) in [4.78, 5) is 17.3. The molecule has 5 rings (SSSR count). The van der Waals surface area contributed by atoms with Gasteiger partial charge in [0.05, 0.1) is 24.4 Å². The summed E-state index contributed by atoms with van der Waals surface area (Å²) in [6, 6.07) is 20.9. The van der Waals surface area contributed by atoms with Crippen molar-refractivity contribution in [1.29, 1.82) is 0 Å². The summed E-state index contributed by atoms with van der Waals surface area (Å²) in [6.07, 6.45) is 1.52. The third-order valence-corrected chi connectivity index (χ3v) is 5.79. The largest absolute Gasteiger partial charge is 0.493 e. The Bertz CT molecular complexity index is 1610. The number of hydrogen-bond donors (Lipinski definition) is 2. The Balaban J connectivity index is 1.26. The Morgan fingerprint density at radius 3 is 2.68 bits per heavy atom. The van der Waals surface area contributed by atoms with Gasteiger partial charge in [0.1, 0.15) is 13.2 Å². The fraction of sp³-hybridized carbons (Fsp3) is 0.148. The number of nitrogens with zero attached hydrogens (tertiary/aromatic N) is 5. The Kier molecular flexibility index (Phi) is 6.98. The molecule has 1 amide bonds. The van der Waals surface area contributed by atoms with Crippen LogP contribution < -0.4 is 20.6 Å². The molecule has 0 aliphatic heterocycles. The van der Waals surface area contributed by atoms with Crippen LogP contribution in [-0.4, -0.2) is 39.1 Å². The lowest BCUT2D eigenvalue weighted by molar-refractivity contribution is -0.121. The number of anilines is 1. The molecule has 192 valence electrons. The molecule has 0 saturated carbocycles. The van der Waals surface area contributed by atoms with Crippen LogP contribution in [0.15, 0.2) is 76.5 Å². The number of para-hydroxylation sites is 2. The maximum absolute atomic E-state index is 12.8. The molecule has 0 saturated heterocycles. The second-order valence-corrected chi connectivity index (χ2v) is 8.49. The van der Waals surface area contributed by atoms with Gasteiger partial charge in [0.15, 0.2) is 28.8 Å². The second kappa shape index (κ2) is 10.8. The molecule has 11 nitrogen and oxygen atoms in total. The van der Waals surface area contributed by atoms with Gasteiger partial charge >= 0.3 is 0 Å². The molecule has 5 aromatic rings. The van der Waals surface area contributed by atoms with E-state index in [0.29, 0.717) is 29.4 Å². The predicted octanol–water partition coefficient (Wildman–Crippen LogP) is 3.71. The summed E-state index contributed by atoms with van der Waals surface area (Å²) < 4.78 is 17.8. The van der Waals surface area contributed by atoms with Gasteiger partial charge in [0.25, 0.3) is 5.91 Å². The van der Waals surface area contributed by atoms with Crippen LogP contribution in [0.5, 0.6) is 11.5 Å². The molecule has 3 aromatic carbocycles. The van der Waals surface area contributed by atoms with E-state index in [1.54, 1.807) is 23.8 Å². The quantitative estimate of drug-likeness (QED) is 0.225. The van der Waals surface area contributed by atoms with E-state index in [4.69, 9.17) is 19.8 Å². The molecular formula is C27H25N7O4. The van der Waals surface area contributed by atoms with E-state index in [2.05, 4.69) is 25.8 Å². The molecule has 0 aliphatic rings. The summed E-state index contributed by atoms with van der Waals surface area (Å²) in [6.45, 7) is 2.38. The minimum atomic E-state index is -0.370. The highest BCUT2D eigenvalue weighted by molar-refractivity contribution is 5.86. The van der Waals surface area contributed by atoms with Crippen molar-refractivity contribution in [2.45, 2.75) is 20.1 Å². The van der Waals surface area contributed by atoms with Crippen LogP contribution in [0.3, 0.4) is 0 Å². The van der Waals surface area contributed by atoms with Gasteiger partial charge in [-0.3, -0.25) is 4.79 Å². The van der Waals surface area contributed by atoms with E-state index in [1.807, 2.05) is 61.5 Å². The standard InChI is InChI=1S/C27H25N7O4/c1-17-7-9-18(10-8-17)16-37-22-12-11-19(13-23(22)36-2)14-29-31-24(35)15-34-21-6-4-3-5-20(21)30-27(34)25-26(28)33-38-32-25/h3-14H,15-16H2,1-2H3,(H2,28,33)(H,31,35)/b29-14-. The van der Waals surface area contributed by atoms with Crippen LogP contribution in [0.25, 0.3) is 22.6 Å². The van der Waals surface area contributed by atoms with Crippen LogP contribution in [0.2, 0.25) is 0 Å². The normalized spacial score (nSPS) is 11.2. The van der Waals surface area contributed by atoms with E-state index in [0.717, 1.165) is 16.6 Å². The Morgan fingerprint density at radius 2 is 1.92 bits per heavy atom. The number of nitrogens with two attached hydrogens (primary N) is 1. The van der Waals surface area contributed by atoms with Crippen molar-refractivity contribution in [3.63, 3.8) is 0 Å². The average molecular weight is 512 g/mol. The summed E-state index contributed by atoms with van der Waals surface area (Å²) in [7, 11) is 1.57. The second-order valence-electron chi connectivity index (χ2n) is 8.49. The Labute approximate surface area is 217 Å². The molecule has 0 bridgehead atoms. The highest BCUT2D eigenvalue weighted by Gasteiger charge is 2.20. The summed E-state index contributed by atoms with van der Waals surface area (Å²) in [5, 5.41) is 11.5. The van der Waals surface area contributed by atoms with Gasteiger partial charge in [-0.2, -0.15) is 5.10 Å². The van der Waals surface area contributed by atoms with Gasteiger partial charge in [-0.1, -0.05) is 42.0 Å². The number of nitrogens with one attached hydrogen (secondary N) is 1. The number of amides is 1. The zero-order valence-corrected chi connectivity index (χ0v) is 20.8. The molecule has 3 N–H and O–H groups in total. The number of benzene rings is 3. The molecule has 0 spiro atoms. The molecule has 38 heavy (non-hydrogen) atoms. The molecule has 0 radical (unpaired) electrons. The van der Waals surface area contributed by atoms with E-state index < -0.39 is 0 Å². The van der Waals surface area contributed by atoms with Crippen molar-refractivity contribution < 1.29 is 18.9 Å². The molecule has 0 atom stereocenters. The number of carbonyl (C=O) groups excluding carboxylic acids is 1. The number of rotatable bonds is 9. The molecular weight excluding hydrogens is 486 g/mol. The number of hydrogen-bond acceptors (Lipinski definition) is 9. The van der Waals surface area contributed by atoms with Crippen molar-refractivity contribution in [2.24, 2.45) is 5.10 Å². The van der Waals surface area contributed by atoms with Gasteiger partial charge in [-0.25, -0.2) is 15.0 Å². The average Bonchev–Trinajstić information content (AvgIpc) is 3.51. The number of ether oxygens (including phenoxy) is 2. The molecule has 2 heterocycles. The first kappa shape index (κ1) is 24.5. The van der Waals surface area contributed by atoms with Gasteiger partial charge in [-0.15, -0.1) is 0 Å². The number of fused-ring (bicyclic) bond motifs is 1. The fourth-order valence-electron chi connectivity index (χ4n) is 3.85. The minimum absolute atomic E-state index is 0.0748. The topological polar surface area (TPSA) is 143 Å². The number of carbonyl (C=O) groups is 1. The Morgan fingerprint density at radius 1 is 1.11 bits per heavy atom. The van der Waals surface area contributed by atoms with E-state index in [-0.39, 0.29) is 24.0 Å². The molecule has 0 aliphatic carbocycles. The van der Waals surface area contributed by atoms with Gasteiger partial charge in [-0.05, 0) is 58.7 Å². The van der Waals surface area contributed by atoms with Crippen molar-refractivity contribution in [1.82, 2.24) is 25.3 Å². The first-order valence-corrected chi connectivity index (χ1v) is 11.7. The van der Waals surface area contributed by atoms with Crippen LogP contribution in [0.4, 0.5) is 5.82 Å². The summed E-state index contributed by atoms with van der Waals surface area (Å²) in [5.74, 6) is 1.25. The molecule has 0 unspecified atom stereocenters. The highest BCUT2D eigenvalue weighted by Crippen LogP contribution is 2.29. The third kappa shape index (κ3) is 5.31. The number of hydrazone groups is 1. The zero-order valence-electron chi connectivity index (χ0n) is 20.8. The highest BCUT2D eigenvalue weighted by atomic mass is 16.6. The van der Waals surface area contributed by atoms with Gasteiger partial charge in [0.2, 0.25) is 0 Å². The summed E-state index contributed by atoms with van der Waals surface area (Å²) >= 11 is 0. The van der Waals surface area contributed by atoms with Crippen LogP contribution in [0.1, 0.15) is 16.7 Å². The number of nitrogen functional groups attached to an aromatic ring is 1. The Hall–Kier alpha value is -5.19. The van der Waals surface area contributed by atoms with Crippen molar-refractivity contribution in [3.05, 3.63) is 83.4 Å². The van der Waals surface area contributed by atoms with Crippen molar-refractivity contribution in [3.8, 4) is 23.0 Å². The van der Waals surface area contributed by atoms with Crippen LogP contribution >= 0.6 is 0 Å². The molecule has 2 aromatic heterocycles. The maximum Gasteiger partial charge on any atom is 0.260 e. The number of methoxy groups -OCH3 is 1. The monoisotopic (exact) mass is 511 g/mol. The predicted molar refractivity (Wildman–Crippen MR) is 142 cm³/mol. The first-order chi connectivity index (χ1) is 18.5. The summed E-state index contributed by atoms with van der Waals surface area (Å²) in [5.41, 5.74) is 13.0. The van der Waals surface area contributed by atoms with E-state index in [1.165, 1.54) is 11.8 Å². The zero-order chi connectivity index (χ0) is 26.5. The SMILES string of the molecule is COc1cc(/C=N\NC(=O)Cn2c(-c3nonc3N)nc3ccccc32)ccc1OCc1ccc(C)cc1. The molecule has 0 fully saturated rings. The lowest BCUT2D eigenvalue weighted by atomic mass is 10.2. The maximum atomic E-state index is 12.8. The number of aryl methyl sites for hydroxylation is 1. The third-order valence-electron chi connectivity index (χ3n) is 5.79. The van der Waals surface area contributed by atoms with Crippen molar-refractivity contribution in [2.75, 3.05) is 12.8 Å². The smallest absolute Gasteiger partial charge is 0.260 e. The van der Waals surface area contributed by atoms with E-state index >= 15 is 0 Å². The lowest BCUT2D eigenvalue weighted by Crippen LogP contribution is -2.23. The fourth-order valence-corrected chi connectivity index (χ4v) is 3.85. The number of aromatic nitrogens is 4. The van der Waals surface area contributed by atoms with Crippen molar-refractivity contribution >= 4 is 29.0 Å². The molecule has 11 heteroatoms. The van der Waals surface area contributed by atoms with E-state index in [9.17, 15) is 4.79 Å². The first-order valence-electron chi connectivity index (χ1n) is 11.7. The lowest BCUT2D eigenvalue weighted by Gasteiger charge is -2.11. The minimum Gasteiger partial charge on any atom is -0.493 e.